The summed E-state index contributed by atoms with van der Waals surface area (Å²) < 4.78 is 64.5. The van der Waals surface area contributed by atoms with Gasteiger partial charge >= 0.3 is 59.1 Å². The number of nitrogens with one attached hydrogen (secondary N) is 2. The van der Waals surface area contributed by atoms with Crippen LogP contribution in [0.5, 0.6) is 0 Å². The van der Waals surface area contributed by atoms with Crippen molar-refractivity contribution in [3.63, 3.8) is 0 Å². The molecule has 0 fully saturated rings. The van der Waals surface area contributed by atoms with Crippen LogP contribution in [0.2, 0.25) is 5.28 Å². The van der Waals surface area contributed by atoms with Gasteiger partial charge in [0.05, 0.1) is 45.6 Å². The first-order chi connectivity index (χ1) is 18.9. The molecule has 0 saturated heterocycles. The topological polar surface area (TPSA) is 256 Å². The maximum atomic E-state index is 12.3. The fraction of sp³-hybridized carbons (Fsp3) is 0.211. The molecule has 23 heteroatoms. The maximum Gasteiger partial charge on any atom is 1.00 e. The van der Waals surface area contributed by atoms with Crippen molar-refractivity contribution in [2.75, 3.05) is 35.3 Å². The average molecular weight is 681 g/mol. The van der Waals surface area contributed by atoms with E-state index in [2.05, 4.69) is 49.4 Å². The normalized spacial score (nSPS) is 11.5. The molecule has 1 heterocycles. The van der Waals surface area contributed by atoms with Crippen LogP contribution < -0.4 is 80.7 Å². The summed E-state index contributed by atoms with van der Waals surface area (Å²) in [5.74, 6) is -0.470. The molecule has 216 valence electrons. The van der Waals surface area contributed by atoms with Gasteiger partial charge in [0.15, 0.2) is 9.84 Å². The van der Waals surface area contributed by atoms with Gasteiger partial charge in [-0.05, 0) is 54.9 Å². The molecule has 0 radical (unpaired) electrons. The molecular formula is C19H19ClN8Na2O9S3. The Balaban J connectivity index is 0.00000441. The van der Waals surface area contributed by atoms with Gasteiger partial charge in [0, 0.05) is 12.2 Å². The SMILES string of the molecule is CCNc1nc(Cl)nc(Nc2cc(N)c(SOO[O-])cc2N=Nc2ccc(S(=O)(=O)CCOS(=O)(=O)[O-])cc2)n1.[Na+].[Na+]. The Labute approximate surface area is 293 Å². The Morgan fingerprint density at radius 3 is 2.33 bits per heavy atom. The van der Waals surface area contributed by atoms with Gasteiger partial charge < -0.3 is 26.2 Å². The third-order valence-corrected chi connectivity index (χ3v) is 7.49. The van der Waals surface area contributed by atoms with Crippen molar-refractivity contribution in [1.82, 2.24) is 15.0 Å². The monoisotopic (exact) mass is 680 g/mol. The molecule has 0 spiro atoms. The Bertz CT molecular complexity index is 1590. The van der Waals surface area contributed by atoms with Gasteiger partial charge in [0.25, 0.3) is 0 Å². The molecule has 4 N–H and O–H groups in total. The van der Waals surface area contributed by atoms with Crippen LogP contribution in [0, 0.1) is 0 Å². The molecular weight excluding hydrogens is 662 g/mol. The molecule has 0 atom stereocenters. The number of halogens is 1. The van der Waals surface area contributed by atoms with E-state index in [-0.39, 0.29) is 109 Å². The summed E-state index contributed by atoms with van der Waals surface area (Å²) in [6, 6.07) is 7.96. The Morgan fingerprint density at radius 2 is 1.71 bits per heavy atom. The van der Waals surface area contributed by atoms with E-state index in [1.165, 1.54) is 36.4 Å². The zero-order valence-electron chi connectivity index (χ0n) is 22.2. The Morgan fingerprint density at radius 1 is 1.05 bits per heavy atom. The number of sulfone groups is 1. The van der Waals surface area contributed by atoms with E-state index < -0.39 is 32.6 Å². The number of aromatic nitrogens is 3. The largest absolute Gasteiger partial charge is 1.00 e. The number of anilines is 4. The zero-order valence-corrected chi connectivity index (χ0v) is 29.4. The van der Waals surface area contributed by atoms with Crippen LogP contribution in [-0.2, 0) is 33.8 Å². The van der Waals surface area contributed by atoms with Crippen LogP contribution in [0.3, 0.4) is 0 Å². The van der Waals surface area contributed by atoms with E-state index in [9.17, 15) is 26.6 Å². The average Bonchev–Trinajstić information content (AvgIpc) is 2.87. The molecule has 42 heavy (non-hydrogen) atoms. The van der Waals surface area contributed by atoms with Crippen molar-refractivity contribution in [1.29, 1.82) is 0 Å². The second-order valence-corrected chi connectivity index (χ2v) is 11.5. The number of nitrogen functional groups attached to an aromatic ring is 1. The molecule has 0 aliphatic carbocycles. The van der Waals surface area contributed by atoms with Gasteiger partial charge in [-0.25, -0.2) is 16.8 Å². The van der Waals surface area contributed by atoms with E-state index in [4.69, 9.17) is 17.3 Å². The molecule has 0 saturated carbocycles. The minimum Gasteiger partial charge on any atom is -0.726 e. The van der Waals surface area contributed by atoms with Crippen LogP contribution in [-0.4, -0.2) is 55.2 Å². The summed E-state index contributed by atoms with van der Waals surface area (Å²) in [6.45, 7) is 1.54. The van der Waals surface area contributed by atoms with Crippen molar-refractivity contribution in [3.05, 3.63) is 41.7 Å². The molecule has 1 aromatic heterocycles. The van der Waals surface area contributed by atoms with Crippen molar-refractivity contribution < 1.29 is 99.3 Å². The fourth-order valence-corrected chi connectivity index (χ4v) is 4.91. The molecule has 0 amide bonds. The minimum absolute atomic E-state index is 0. The van der Waals surface area contributed by atoms with Crippen LogP contribution in [0.1, 0.15) is 6.92 Å². The van der Waals surface area contributed by atoms with Crippen molar-refractivity contribution in [2.24, 2.45) is 10.2 Å². The molecule has 0 aliphatic heterocycles. The van der Waals surface area contributed by atoms with Gasteiger partial charge in [-0.1, -0.05) is 0 Å². The van der Waals surface area contributed by atoms with Crippen LogP contribution in [0.15, 0.2) is 56.4 Å². The number of azo groups is 1. The number of hydrogen-bond donors (Lipinski definition) is 3. The standard InChI is InChI=1S/C19H21ClN8O9S3.2Na/c1-2-22-18-24-17(20)25-19(26-18)23-14-9-13(21)16(38-37-36-29)10-15(14)28-27-11-3-5-12(6-4-11)39(30,31)8-7-35-40(32,33)34;;/h3-6,9-10,29H,2,7-8,21H2,1H3,(H,32,33,34)(H2,22,23,24,25,26);;/q;2*+1/p-2. The summed E-state index contributed by atoms with van der Waals surface area (Å²) in [6.07, 6.45) is 0. The van der Waals surface area contributed by atoms with Crippen molar-refractivity contribution in [3.8, 4) is 0 Å². The smallest absolute Gasteiger partial charge is 0.726 e. The zero-order chi connectivity index (χ0) is 29.3. The molecule has 17 nitrogen and oxygen atoms in total. The van der Waals surface area contributed by atoms with E-state index in [1.54, 1.807) is 0 Å². The first kappa shape index (κ1) is 38.8. The summed E-state index contributed by atoms with van der Waals surface area (Å²) in [5, 5.41) is 27.6. The number of hydrogen-bond acceptors (Lipinski definition) is 18. The first-order valence-electron chi connectivity index (χ1n) is 10.7. The Hall–Kier alpha value is -1.21. The second kappa shape index (κ2) is 17.9. The third kappa shape index (κ3) is 12.4. The van der Waals surface area contributed by atoms with Crippen LogP contribution >= 0.6 is 23.6 Å². The van der Waals surface area contributed by atoms with Crippen LogP contribution in [0.25, 0.3) is 0 Å². The van der Waals surface area contributed by atoms with Gasteiger partial charge in [-0.3, -0.25) is 9.22 Å². The van der Waals surface area contributed by atoms with E-state index in [0.717, 1.165) is 0 Å². The van der Waals surface area contributed by atoms with E-state index >= 15 is 0 Å². The predicted molar refractivity (Wildman–Crippen MR) is 139 cm³/mol. The molecule has 3 aromatic rings. The Kier molecular flexibility index (Phi) is 16.6. The maximum absolute atomic E-state index is 12.3. The van der Waals surface area contributed by atoms with Gasteiger partial charge in [-0.15, -0.1) is 5.11 Å². The summed E-state index contributed by atoms with van der Waals surface area (Å²) in [5.41, 5.74) is 6.87. The molecule has 0 aliphatic rings. The second-order valence-electron chi connectivity index (χ2n) is 7.28. The predicted octanol–water partition coefficient (Wildman–Crippen LogP) is -3.81. The summed E-state index contributed by atoms with van der Waals surface area (Å²) in [7, 11) is -8.97. The third-order valence-electron chi connectivity index (χ3n) is 4.52. The van der Waals surface area contributed by atoms with Crippen molar-refractivity contribution in [2.45, 2.75) is 16.7 Å². The number of benzene rings is 2. The number of nitrogens with zero attached hydrogens (tertiary/aromatic N) is 5. The van der Waals surface area contributed by atoms with Gasteiger partial charge in [0.2, 0.25) is 27.6 Å². The van der Waals surface area contributed by atoms with Crippen LogP contribution in [0.4, 0.5) is 34.6 Å². The minimum atomic E-state index is -5.02. The molecule has 0 unspecified atom stereocenters. The summed E-state index contributed by atoms with van der Waals surface area (Å²) >= 11 is 6.50. The summed E-state index contributed by atoms with van der Waals surface area (Å²) in [4.78, 5) is 12.2. The van der Waals surface area contributed by atoms with E-state index in [1.807, 2.05) is 6.92 Å². The quantitative estimate of drug-likeness (QED) is 0.0215. The van der Waals surface area contributed by atoms with E-state index in [0.29, 0.717) is 18.6 Å². The fourth-order valence-electron chi connectivity index (χ4n) is 2.85. The van der Waals surface area contributed by atoms with Gasteiger partial charge in [0.1, 0.15) is 5.69 Å². The molecule has 0 bridgehead atoms. The molecule has 2 aromatic carbocycles. The number of rotatable bonds is 14. The first-order valence-corrected chi connectivity index (χ1v) is 14.8. The number of nitrogens with two attached hydrogens (primary N) is 1. The van der Waals surface area contributed by atoms with Crippen molar-refractivity contribution >= 4 is 78.5 Å². The molecule has 3 rings (SSSR count). The van der Waals surface area contributed by atoms with Gasteiger partial charge in [-0.2, -0.15) is 24.4 Å².